The number of aryl methyl sites for hydroxylation is 1. The fourth-order valence-corrected chi connectivity index (χ4v) is 4.70. The summed E-state index contributed by atoms with van der Waals surface area (Å²) < 4.78 is 12.6. The molecule has 1 fully saturated rings. The smallest absolute Gasteiger partial charge is 0.327 e. The summed E-state index contributed by atoms with van der Waals surface area (Å²) in [6.45, 7) is 7.94. The predicted octanol–water partition coefficient (Wildman–Crippen LogP) is 2.91. The van der Waals surface area contributed by atoms with E-state index in [0.29, 0.717) is 31.1 Å². The zero-order valence-electron chi connectivity index (χ0n) is 20.7. The third-order valence-electron chi connectivity index (χ3n) is 6.36. The zero-order valence-corrected chi connectivity index (χ0v) is 20.7. The second-order valence-corrected chi connectivity index (χ2v) is 9.08. The van der Waals surface area contributed by atoms with Gasteiger partial charge in [-0.1, -0.05) is 25.0 Å². The predicted molar refractivity (Wildman–Crippen MR) is 131 cm³/mol. The Morgan fingerprint density at radius 2 is 2.20 bits per heavy atom. The van der Waals surface area contributed by atoms with Crippen LogP contribution in [0.5, 0.6) is 0 Å². The number of aromatic nitrogens is 5. The number of nitrogens with zero attached hydrogens (tertiary/aromatic N) is 5. The Morgan fingerprint density at radius 3 is 2.94 bits per heavy atom. The molecule has 1 aliphatic heterocycles. The Morgan fingerprint density at radius 1 is 1.34 bits per heavy atom. The fraction of sp³-hybridized carbons (Fsp3) is 0.560. The molecule has 0 bridgehead atoms. The van der Waals surface area contributed by atoms with Crippen molar-refractivity contribution in [1.29, 1.82) is 0 Å². The molecular weight excluding hydrogens is 448 g/mol. The van der Waals surface area contributed by atoms with E-state index in [9.17, 15) is 9.59 Å². The standard InChI is InChI=1S/C25H34N6O4/c1-4-7-22(24-27-28-29-31(24)16-23(32)34-5-2)30(15-20-8-6-11-35-20)14-19-13-18-12-17(3)9-10-21(18)26-25(19)33/h9-10,12-13,20,22H,4-8,11,14-16H2,1-3H3,(H,26,33)/t20-,22+/m1/s1. The molecule has 2 aromatic heterocycles. The van der Waals surface area contributed by atoms with Gasteiger partial charge in [0.05, 0.1) is 18.8 Å². The molecule has 4 rings (SSSR count). The Hall–Kier alpha value is -3.11. The first kappa shape index (κ1) is 25.0. The van der Waals surface area contributed by atoms with E-state index in [2.05, 4.69) is 38.4 Å². The van der Waals surface area contributed by atoms with Crippen LogP contribution in [-0.2, 0) is 27.4 Å². The number of esters is 1. The number of carbonyl (C=O) groups is 1. The first-order valence-corrected chi connectivity index (χ1v) is 12.4. The van der Waals surface area contributed by atoms with E-state index in [1.165, 1.54) is 4.68 Å². The van der Waals surface area contributed by atoms with Gasteiger partial charge in [-0.15, -0.1) is 5.10 Å². The van der Waals surface area contributed by atoms with Gasteiger partial charge in [0.1, 0.15) is 6.54 Å². The number of aromatic amines is 1. The van der Waals surface area contributed by atoms with Gasteiger partial charge < -0.3 is 14.5 Å². The van der Waals surface area contributed by atoms with Crippen LogP contribution in [0.4, 0.5) is 0 Å². The molecule has 1 aromatic carbocycles. The number of ether oxygens (including phenoxy) is 2. The van der Waals surface area contributed by atoms with Gasteiger partial charge in [0.2, 0.25) is 0 Å². The number of carbonyl (C=O) groups excluding carboxylic acids is 1. The molecule has 188 valence electrons. The topological polar surface area (TPSA) is 115 Å². The average molecular weight is 483 g/mol. The van der Waals surface area contributed by atoms with Gasteiger partial charge in [0, 0.05) is 30.8 Å². The number of pyridine rings is 1. The molecule has 0 saturated carbocycles. The molecule has 1 aliphatic rings. The third-order valence-corrected chi connectivity index (χ3v) is 6.36. The van der Waals surface area contributed by atoms with Crippen LogP contribution in [0.1, 0.15) is 62.5 Å². The zero-order chi connectivity index (χ0) is 24.8. The minimum Gasteiger partial charge on any atom is -0.465 e. The Kier molecular flexibility index (Phi) is 8.25. The van der Waals surface area contributed by atoms with Crippen LogP contribution in [0, 0.1) is 6.92 Å². The summed E-state index contributed by atoms with van der Waals surface area (Å²) in [7, 11) is 0. The van der Waals surface area contributed by atoms with Crippen molar-refractivity contribution in [3.05, 3.63) is 51.6 Å². The van der Waals surface area contributed by atoms with E-state index < -0.39 is 0 Å². The van der Waals surface area contributed by atoms with Gasteiger partial charge in [-0.3, -0.25) is 14.5 Å². The number of rotatable bonds is 11. The SMILES string of the molecule is CCC[C@@H](c1nnnn1CC(=O)OCC)N(Cc1cc2cc(C)ccc2[nH]c1=O)C[C@H]1CCCO1. The number of H-pyrrole nitrogens is 1. The molecule has 35 heavy (non-hydrogen) atoms. The average Bonchev–Trinajstić information content (AvgIpc) is 3.50. The summed E-state index contributed by atoms with van der Waals surface area (Å²) in [5.74, 6) is 0.203. The van der Waals surface area contributed by atoms with Crippen LogP contribution in [0.2, 0.25) is 0 Å². The molecule has 3 aromatic rings. The van der Waals surface area contributed by atoms with E-state index in [0.717, 1.165) is 48.8 Å². The third kappa shape index (κ3) is 6.12. The normalized spacial score (nSPS) is 16.7. The van der Waals surface area contributed by atoms with Crippen molar-refractivity contribution in [2.75, 3.05) is 19.8 Å². The summed E-state index contributed by atoms with van der Waals surface area (Å²) in [4.78, 5) is 30.4. The lowest BCUT2D eigenvalue weighted by atomic mass is 10.1. The second-order valence-electron chi connectivity index (χ2n) is 9.08. The number of benzene rings is 1. The molecule has 0 unspecified atom stereocenters. The van der Waals surface area contributed by atoms with Gasteiger partial charge in [0.25, 0.3) is 5.56 Å². The highest BCUT2D eigenvalue weighted by molar-refractivity contribution is 5.79. The molecule has 0 amide bonds. The molecule has 2 atom stereocenters. The van der Waals surface area contributed by atoms with E-state index in [1.54, 1.807) is 6.92 Å². The Bertz CT molecular complexity index is 1200. The summed E-state index contributed by atoms with van der Waals surface area (Å²) in [5.41, 5.74) is 2.51. The molecule has 0 aliphatic carbocycles. The van der Waals surface area contributed by atoms with Crippen LogP contribution < -0.4 is 5.56 Å². The van der Waals surface area contributed by atoms with Crippen molar-refractivity contribution in [1.82, 2.24) is 30.1 Å². The van der Waals surface area contributed by atoms with Gasteiger partial charge in [-0.25, -0.2) is 4.68 Å². The molecule has 0 spiro atoms. The van der Waals surface area contributed by atoms with Crippen molar-refractivity contribution in [2.24, 2.45) is 0 Å². The quantitative estimate of drug-likeness (QED) is 0.415. The van der Waals surface area contributed by atoms with Crippen molar-refractivity contribution >= 4 is 16.9 Å². The largest absolute Gasteiger partial charge is 0.465 e. The van der Waals surface area contributed by atoms with Crippen LogP contribution in [0.3, 0.4) is 0 Å². The molecule has 3 heterocycles. The fourth-order valence-electron chi connectivity index (χ4n) is 4.70. The van der Waals surface area contributed by atoms with Gasteiger partial charge in [-0.05, 0) is 67.1 Å². The van der Waals surface area contributed by atoms with E-state index in [4.69, 9.17) is 9.47 Å². The van der Waals surface area contributed by atoms with Gasteiger partial charge >= 0.3 is 5.97 Å². The van der Waals surface area contributed by atoms with Crippen molar-refractivity contribution in [3.8, 4) is 0 Å². The lowest BCUT2D eigenvalue weighted by Crippen LogP contribution is -2.38. The first-order chi connectivity index (χ1) is 17.0. The van der Waals surface area contributed by atoms with Crippen LogP contribution in [0.15, 0.2) is 29.1 Å². The maximum Gasteiger partial charge on any atom is 0.327 e. The second kappa shape index (κ2) is 11.5. The van der Waals surface area contributed by atoms with E-state index >= 15 is 0 Å². The summed E-state index contributed by atoms with van der Waals surface area (Å²) >= 11 is 0. The number of hydrogen-bond donors (Lipinski definition) is 1. The molecule has 1 saturated heterocycles. The highest BCUT2D eigenvalue weighted by Crippen LogP contribution is 2.28. The Labute approximate surface area is 204 Å². The van der Waals surface area contributed by atoms with Crippen molar-refractivity contribution in [3.63, 3.8) is 0 Å². The van der Waals surface area contributed by atoms with E-state index in [-0.39, 0.29) is 30.2 Å². The Balaban J connectivity index is 1.69. The minimum absolute atomic E-state index is 0.0556. The summed E-state index contributed by atoms with van der Waals surface area (Å²) in [6.07, 6.45) is 3.71. The molecule has 10 nitrogen and oxygen atoms in total. The number of hydrogen-bond acceptors (Lipinski definition) is 8. The maximum atomic E-state index is 13.0. The van der Waals surface area contributed by atoms with Crippen LogP contribution in [-0.4, -0.2) is 61.9 Å². The first-order valence-electron chi connectivity index (χ1n) is 12.4. The maximum absolute atomic E-state index is 13.0. The van der Waals surface area contributed by atoms with E-state index in [1.807, 2.05) is 25.1 Å². The highest BCUT2D eigenvalue weighted by atomic mass is 16.5. The number of tetrazole rings is 1. The lowest BCUT2D eigenvalue weighted by Gasteiger charge is -2.32. The van der Waals surface area contributed by atoms with Crippen LogP contribution in [0.25, 0.3) is 10.9 Å². The molecule has 0 radical (unpaired) electrons. The summed E-state index contributed by atoms with van der Waals surface area (Å²) in [5, 5.41) is 13.2. The summed E-state index contributed by atoms with van der Waals surface area (Å²) in [6, 6.07) is 7.77. The van der Waals surface area contributed by atoms with Gasteiger partial charge in [-0.2, -0.15) is 0 Å². The molecule has 10 heteroatoms. The lowest BCUT2D eigenvalue weighted by molar-refractivity contribution is -0.144. The molecular formula is C25H34N6O4. The minimum atomic E-state index is -0.386. The van der Waals surface area contributed by atoms with Crippen molar-refractivity contribution in [2.45, 2.75) is 71.7 Å². The monoisotopic (exact) mass is 482 g/mol. The highest BCUT2D eigenvalue weighted by Gasteiger charge is 2.30. The van der Waals surface area contributed by atoms with Gasteiger partial charge in [0.15, 0.2) is 5.82 Å². The van der Waals surface area contributed by atoms with Crippen LogP contribution >= 0.6 is 0 Å². The number of nitrogens with one attached hydrogen (secondary N) is 1. The van der Waals surface area contributed by atoms with Crippen molar-refractivity contribution < 1.29 is 14.3 Å². The number of fused-ring (bicyclic) bond motifs is 1. The molecule has 1 N–H and O–H groups in total.